The molecule has 8 heteroatoms. The van der Waals surface area contributed by atoms with Crippen molar-refractivity contribution >= 4 is 40.5 Å². The van der Waals surface area contributed by atoms with Crippen molar-refractivity contribution < 1.29 is 19.1 Å². The molecule has 0 aliphatic rings. The number of hydrogen-bond donors (Lipinski definition) is 1. The second-order valence-electron chi connectivity index (χ2n) is 4.84. The monoisotopic (exact) mass is 368 g/mol. The molecule has 0 fully saturated rings. The minimum Gasteiger partial charge on any atom is -0.496 e. The van der Waals surface area contributed by atoms with Gasteiger partial charge in [-0.05, 0) is 19.9 Å². The predicted octanol–water partition coefficient (Wildman–Crippen LogP) is 3.47. The molecule has 1 N–H and O–H groups in total. The Kier molecular flexibility index (Phi) is 6.16. The fourth-order valence-electron chi connectivity index (χ4n) is 2.03. The zero-order chi connectivity index (χ0) is 17.7. The maximum absolute atomic E-state index is 12.1. The summed E-state index contributed by atoms with van der Waals surface area (Å²) in [4.78, 5) is 28.3. The first-order chi connectivity index (χ1) is 11.4. The molecule has 2 aromatic rings. The number of hydrogen-bond acceptors (Lipinski definition) is 6. The van der Waals surface area contributed by atoms with E-state index >= 15 is 0 Å². The quantitative estimate of drug-likeness (QED) is 0.790. The Morgan fingerprint density at radius 2 is 2.12 bits per heavy atom. The molecule has 1 amide bonds. The molecule has 0 aliphatic carbocycles. The van der Waals surface area contributed by atoms with E-state index in [-0.39, 0.29) is 35.3 Å². The number of esters is 1. The molecule has 6 nitrogen and oxygen atoms in total. The van der Waals surface area contributed by atoms with E-state index in [1.807, 2.05) is 12.3 Å². The van der Waals surface area contributed by atoms with Crippen LogP contribution in [0.4, 0.5) is 5.69 Å². The van der Waals surface area contributed by atoms with Gasteiger partial charge in [0.2, 0.25) is 5.91 Å². The van der Waals surface area contributed by atoms with E-state index in [0.717, 1.165) is 5.01 Å². The smallest absolute Gasteiger partial charge is 0.341 e. The molecule has 0 unspecified atom stereocenters. The first-order valence-corrected chi connectivity index (χ1v) is 8.45. The molecule has 0 saturated heterocycles. The average molecular weight is 369 g/mol. The van der Waals surface area contributed by atoms with Crippen LogP contribution in [0.3, 0.4) is 0 Å². The molecule has 1 aromatic heterocycles. The first-order valence-electron chi connectivity index (χ1n) is 7.20. The SMILES string of the molecule is CCOC(=O)c1cc(Cl)c(NC(=O)Cc2csc(C)n2)cc1OC. The van der Waals surface area contributed by atoms with Crippen LogP contribution in [-0.4, -0.2) is 30.6 Å². The van der Waals surface area contributed by atoms with Crippen LogP contribution in [-0.2, 0) is 16.0 Å². The van der Waals surface area contributed by atoms with Gasteiger partial charge in [0.15, 0.2) is 0 Å². The number of aromatic nitrogens is 1. The maximum atomic E-state index is 12.1. The van der Waals surface area contributed by atoms with Crippen LogP contribution in [0.2, 0.25) is 5.02 Å². The molecule has 1 heterocycles. The van der Waals surface area contributed by atoms with Gasteiger partial charge in [0, 0.05) is 11.4 Å². The Hall–Kier alpha value is -2.12. The second-order valence-corrected chi connectivity index (χ2v) is 6.31. The lowest BCUT2D eigenvalue weighted by atomic mass is 10.1. The normalized spacial score (nSPS) is 10.3. The Labute approximate surface area is 148 Å². The van der Waals surface area contributed by atoms with E-state index in [4.69, 9.17) is 21.1 Å². The number of methoxy groups -OCH3 is 1. The van der Waals surface area contributed by atoms with Crippen molar-refractivity contribution in [2.24, 2.45) is 0 Å². The fourth-order valence-corrected chi connectivity index (χ4v) is 2.86. The van der Waals surface area contributed by atoms with Crippen molar-refractivity contribution in [3.63, 3.8) is 0 Å². The van der Waals surface area contributed by atoms with Crippen molar-refractivity contribution in [2.45, 2.75) is 20.3 Å². The molecule has 0 aliphatic heterocycles. The van der Waals surface area contributed by atoms with Crippen LogP contribution in [0.1, 0.15) is 28.0 Å². The summed E-state index contributed by atoms with van der Waals surface area (Å²) in [6.07, 6.45) is 0.141. The summed E-state index contributed by atoms with van der Waals surface area (Å²) in [7, 11) is 1.43. The number of amides is 1. The summed E-state index contributed by atoms with van der Waals surface area (Å²) in [5, 5.41) is 5.66. The van der Waals surface area contributed by atoms with Gasteiger partial charge in [-0.3, -0.25) is 4.79 Å². The van der Waals surface area contributed by atoms with Gasteiger partial charge in [-0.2, -0.15) is 0 Å². The minimum atomic E-state index is -0.535. The number of rotatable bonds is 6. The number of nitrogens with zero attached hydrogens (tertiary/aromatic N) is 1. The van der Waals surface area contributed by atoms with Crippen LogP contribution in [0.25, 0.3) is 0 Å². The van der Waals surface area contributed by atoms with Gasteiger partial charge < -0.3 is 14.8 Å². The number of anilines is 1. The lowest BCUT2D eigenvalue weighted by Gasteiger charge is -2.12. The summed E-state index contributed by atoms with van der Waals surface area (Å²) in [5.74, 6) is -0.516. The van der Waals surface area contributed by atoms with Crippen LogP contribution in [0.15, 0.2) is 17.5 Å². The summed E-state index contributed by atoms with van der Waals surface area (Å²) in [6.45, 7) is 3.83. The summed E-state index contributed by atoms with van der Waals surface area (Å²) < 4.78 is 10.1. The Morgan fingerprint density at radius 3 is 2.71 bits per heavy atom. The molecule has 0 radical (unpaired) electrons. The molecule has 1 aromatic carbocycles. The topological polar surface area (TPSA) is 77.5 Å². The maximum Gasteiger partial charge on any atom is 0.341 e. The summed E-state index contributed by atoms with van der Waals surface area (Å²) >= 11 is 7.65. The molecule has 24 heavy (non-hydrogen) atoms. The lowest BCUT2D eigenvalue weighted by Crippen LogP contribution is -2.15. The van der Waals surface area contributed by atoms with E-state index in [0.29, 0.717) is 11.4 Å². The molecule has 0 saturated carbocycles. The van der Waals surface area contributed by atoms with E-state index in [1.54, 1.807) is 6.92 Å². The van der Waals surface area contributed by atoms with Gasteiger partial charge in [-0.1, -0.05) is 11.6 Å². The predicted molar refractivity (Wildman–Crippen MR) is 93.1 cm³/mol. The molecular weight excluding hydrogens is 352 g/mol. The third kappa shape index (κ3) is 4.46. The molecule has 128 valence electrons. The number of thiazole rings is 1. The van der Waals surface area contributed by atoms with Gasteiger partial charge in [0.1, 0.15) is 11.3 Å². The highest BCUT2D eigenvalue weighted by Gasteiger charge is 2.18. The third-order valence-corrected chi connectivity index (χ3v) is 4.20. The first kappa shape index (κ1) is 18.2. The zero-order valence-electron chi connectivity index (χ0n) is 13.5. The van der Waals surface area contributed by atoms with Crippen molar-refractivity contribution in [3.8, 4) is 5.75 Å². The van der Waals surface area contributed by atoms with Crippen LogP contribution in [0.5, 0.6) is 5.75 Å². The highest BCUT2D eigenvalue weighted by molar-refractivity contribution is 7.09. The number of nitrogens with one attached hydrogen (secondary N) is 1. The molecule has 0 atom stereocenters. The van der Waals surface area contributed by atoms with E-state index in [9.17, 15) is 9.59 Å². The number of carbonyl (C=O) groups is 2. The number of halogens is 1. The Bertz CT molecular complexity index is 761. The lowest BCUT2D eigenvalue weighted by molar-refractivity contribution is -0.115. The third-order valence-electron chi connectivity index (χ3n) is 3.07. The van der Waals surface area contributed by atoms with Crippen LogP contribution >= 0.6 is 22.9 Å². The fraction of sp³-hybridized carbons (Fsp3) is 0.312. The van der Waals surface area contributed by atoms with E-state index in [1.165, 1.54) is 30.6 Å². The molecule has 0 bridgehead atoms. The van der Waals surface area contributed by atoms with Gasteiger partial charge in [-0.25, -0.2) is 9.78 Å². The summed E-state index contributed by atoms with van der Waals surface area (Å²) in [6, 6.07) is 2.92. The Balaban J connectivity index is 2.18. The number of aryl methyl sites for hydroxylation is 1. The number of carbonyl (C=O) groups excluding carboxylic acids is 2. The largest absolute Gasteiger partial charge is 0.496 e. The van der Waals surface area contributed by atoms with E-state index < -0.39 is 5.97 Å². The second kappa shape index (κ2) is 8.12. The van der Waals surface area contributed by atoms with Crippen molar-refractivity contribution in [2.75, 3.05) is 19.0 Å². The van der Waals surface area contributed by atoms with Gasteiger partial charge >= 0.3 is 5.97 Å². The highest BCUT2D eigenvalue weighted by atomic mass is 35.5. The van der Waals surface area contributed by atoms with Crippen molar-refractivity contribution in [1.82, 2.24) is 4.98 Å². The zero-order valence-corrected chi connectivity index (χ0v) is 15.1. The molecular formula is C16H17ClN2O4S. The standard InChI is InChI=1S/C16H17ClN2O4S/c1-4-23-16(21)11-6-12(17)13(7-14(11)22-3)19-15(20)5-10-8-24-9(2)18-10/h6-8H,4-5H2,1-3H3,(H,19,20). The molecule has 0 spiro atoms. The number of ether oxygens (including phenoxy) is 2. The van der Waals surface area contributed by atoms with Crippen LogP contribution in [0, 0.1) is 6.92 Å². The van der Waals surface area contributed by atoms with Crippen LogP contribution < -0.4 is 10.1 Å². The van der Waals surface area contributed by atoms with Gasteiger partial charge in [-0.15, -0.1) is 11.3 Å². The van der Waals surface area contributed by atoms with Gasteiger partial charge in [0.05, 0.1) is 41.5 Å². The molecule has 2 rings (SSSR count). The average Bonchev–Trinajstić information content (AvgIpc) is 2.94. The van der Waals surface area contributed by atoms with Gasteiger partial charge in [0.25, 0.3) is 0 Å². The van der Waals surface area contributed by atoms with Crippen molar-refractivity contribution in [3.05, 3.63) is 38.8 Å². The number of benzene rings is 1. The van der Waals surface area contributed by atoms with E-state index in [2.05, 4.69) is 10.3 Å². The van der Waals surface area contributed by atoms with Crippen molar-refractivity contribution in [1.29, 1.82) is 0 Å². The minimum absolute atomic E-state index is 0.141. The highest BCUT2D eigenvalue weighted by Crippen LogP contribution is 2.31. The Morgan fingerprint density at radius 1 is 1.38 bits per heavy atom. The summed E-state index contributed by atoms with van der Waals surface area (Å²) in [5.41, 5.74) is 1.26.